The summed E-state index contributed by atoms with van der Waals surface area (Å²) in [5.41, 5.74) is 5.26. The number of imidazole rings is 1. The van der Waals surface area contributed by atoms with E-state index in [2.05, 4.69) is 40.7 Å². The standard InChI is InChI=1S/C12H12N2/c1-9-11-7-6-10-4-2-3-5-12(10)14(11)8-13-9/h2-5,8H,6-7H2,1H3. The van der Waals surface area contributed by atoms with Gasteiger partial charge in [0.05, 0.1) is 12.0 Å². The first kappa shape index (κ1) is 7.80. The largest absolute Gasteiger partial charge is 0.303 e. The third kappa shape index (κ3) is 0.939. The van der Waals surface area contributed by atoms with Gasteiger partial charge in [-0.1, -0.05) is 18.2 Å². The molecule has 2 heteroatoms. The summed E-state index contributed by atoms with van der Waals surface area (Å²) in [7, 11) is 0. The number of hydrogen-bond donors (Lipinski definition) is 0. The molecule has 0 aliphatic carbocycles. The van der Waals surface area contributed by atoms with Crippen molar-refractivity contribution < 1.29 is 0 Å². The maximum atomic E-state index is 4.36. The highest BCUT2D eigenvalue weighted by Gasteiger charge is 2.16. The van der Waals surface area contributed by atoms with Gasteiger partial charge in [-0.15, -0.1) is 0 Å². The molecule has 1 aliphatic rings. The van der Waals surface area contributed by atoms with Crippen molar-refractivity contribution in [2.45, 2.75) is 19.8 Å². The van der Waals surface area contributed by atoms with Crippen LogP contribution in [0, 0.1) is 6.92 Å². The van der Waals surface area contributed by atoms with Crippen LogP contribution in [-0.2, 0) is 12.8 Å². The predicted molar refractivity (Wildman–Crippen MR) is 55.7 cm³/mol. The van der Waals surface area contributed by atoms with Gasteiger partial charge in [0.25, 0.3) is 0 Å². The number of fused-ring (bicyclic) bond motifs is 3. The molecule has 3 rings (SSSR count). The molecule has 2 heterocycles. The van der Waals surface area contributed by atoms with E-state index in [-0.39, 0.29) is 0 Å². The van der Waals surface area contributed by atoms with Crippen LogP contribution < -0.4 is 0 Å². The SMILES string of the molecule is Cc1ncn2c1CCc1ccccc1-2. The Morgan fingerprint density at radius 3 is 3.00 bits per heavy atom. The second-order valence-electron chi connectivity index (χ2n) is 3.78. The van der Waals surface area contributed by atoms with Crippen molar-refractivity contribution in [3.8, 4) is 5.69 Å². The van der Waals surface area contributed by atoms with E-state index in [1.807, 2.05) is 6.33 Å². The fraction of sp³-hybridized carbons (Fsp3) is 0.250. The minimum atomic E-state index is 1.11. The summed E-state index contributed by atoms with van der Waals surface area (Å²) in [5, 5.41) is 0. The molecule has 0 saturated carbocycles. The number of hydrogen-bond acceptors (Lipinski definition) is 1. The first-order valence-corrected chi connectivity index (χ1v) is 4.97. The zero-order valence-corrected chi connectivity index (χ0v) is 8.20. The van der Waals surface area contributed by atoms with Crippen molar-refractivity contribution in [3.63, 3.8) is 0 Å². The summed E-state index contributed by atoms with van der Waals surface area (Å²) in [6.07, 6.45) is 4.19. The number of aromatic nitrogens is 2. The van der Waals surface area contributed by atoms with Crippen LogP contribution in [0.2, 0.25) is 0 Å². The molecule has 1 aromatic heterocycles. The third-order valence-electron chi connectivity index (χ3n) is 2.96. The van der Waals surface area contributed by atoms with E-state index >= 15 is 0 Å². The first-order chi connectivity index (χ1) is 6.86. The van der Waals surface area contributed by atoms with Crippen LogP contribution in [0.15, 0.2) is 30.6 Å². The van der Waals surface area contributed by atoms with Gasteiger partial charge in [-0.25, -0.2) is 4.98 Å². The van der Waals surface area contributed by atoms with Crippen LogP contribution in [0.3, 0.4) is 0 Å². The lowest BCUT2D eigenvalue weighted by atomic mass is 10.0. The Hall–Kier alpha value is -1.57. The summed E-state index contributed by atoms with van der Waals surface area (Å²) in [6.45, 7) is 2.08. The van der Waals surface area contributed by atoms with Crippen molar-refractivity contribution in [2.24, 2.45) is 0 Å². The lowest BCUT2D eigenvalue weighted by Crippen LogP contribution is -2.11. The number of rotatable bonds is 0. The maximum absolute atomic E-state index is 4.36. The highest BCUT2D eigenvalue weighted by Crippen LogP contribution is 2.25. The number of para-hydroxylation sites is 1. The van der Waals surface area contributed by atoms with Crippen LogP contribution in [-0.4, -0.2) is 9.55 Å². The van der Waals surface area contributed by atoms with Gasteiger partial charge in [0.15, 0.2) is 0 Å². The zero-order chi connectivity index (χ0) is 9.54. The van der Waals surface area contributed by atoms with Crippen LogP contribution in [0.25, 0.3) is 5.69 Å². The predicted octanol–water partition coefficient (Wildman–Crippen LogP) is 2.28. The zero-order valence-electron chi connectivity index (χ0n) is 8.20. The van der Waals surface area contributed by atoms with Crippen molar-refractivity contribution in [1.82, 2.24) is 9.55 Å². The molecule has 0 N–H and O–H groups in total. The molecular weight excluding hydrogens is 172 g/mol. The topological polar surface area (TPSA) is 17.8 Å². The van der Waals surface area contributed by atoms with Crippen molar-refractivity contribution in [3.05, 3.63) is 47.5 Å². The van der Waals surface area contributed by atoms with Gasteiger partial charge in [-0.3, -0.25) is 0 Å². The fourth-order valence-corrected chi connectivity index (χ4v) is 2.18. The smallest absolute Gasteiger partial charge is 0.0997 e. The molecule has 0 unspecified atom stereocenters. The molecular formula is C12H12N2. The molecule has 0 atom stereocenters. The molecule has 1 aromatic carbocycles. The number of benzene rings is 1. The monoisotopic (exact) mass is 184 g/mol. The van der Waals surface area contributed by atoms with Crippen LogP contribution in [0.1, 0.15) is 17.0 Å². The summed E-state index contributed by atoms with van der Waals surface area (Å²) >= 11 is 0. The second kappa shape index (κ2) is 2.71. The maximum Gasteiger partial charge on any atom is 0.0997 e. The lowest BCUT2D eigenvalue weighted by Gasteiger charge is -2.18. The van der Waals surface area contributed by atoms with E-state index in [1.165, 1.54) is 22.6 Å². The Bertz CT molecular complexity index is 483. The molecule has 2 aromatic rings. The molecule has 1 aliphatic heterocycles. The summed E-state index contributed by atoms with van der Waals surface area (Å²) in [4.78, 5) is 4.36. The van der Waals surface area contributed by atoms with E-state index in [9.17, 15) is 0 Å². The quantitative estimate of drug-likeness (QED) is 0.614. The van der Waals surface area contributed by atoms with Crippen LogP contribution in [0.4, 0.5) is 0 Å². The minimum absolute atomic E-state index is 1.11. The van der Waals surface area contributed by atoms with E-state index in [0.29, 0.717) is 0 Å². The van der Waals surface area contributed by atoms with Gasteiger partial charge in [0.2, 0.25) is 0 Å². The van der Waals surface area contributed by atoms with Crippen molar-refractivity contribution in [2.75, 3.05) is 0 Å². The average molecular weight is 184 g/mol. The Balaban J connectivity index is 2.29. The Kier molecular flexibility index (Phi) is 1.51. The van der Waals surface area contributed by atoms with Gasteiger partial charge in [-0.2, -0.15) is 0 Å². The Labute approximate surface area is 83.2 Å². The van der Waals surface area contributed by atoms with Crippen LogP contribution >= 0.6 is 0 Å². The highest BCUT2D eigenvalue weighted by molar-refractivity contribution is 5.46. The highest BCUT2D eigenvalue weighted by atomic mass is 15.1. The molecule has 0 fully saturated rings. The van der Waals surface area contributed by atoms with Gasteiger partial charge in [0.1, 0.15) is 0 Å². The van der Waals surface area contributed by atoms with Crippen molar-refractivity contribution >= 4 is 0 Å². The molecule has 2 nitrogen and oxygen atoms in total. The molecule has 0 amide bonds. The molecule has 70 valence electrons. The lowest BCUT2D eigenvalue weighted by molar-refractivity contribution is 0.801. The summed E-state index contributed by atoms with van der Waals surface area (Å²) in [5.74, 6) is 0. The normalized spacial score (nSPS) is 13.5. The van der Waals surface area contributed by atoms with Crippen molar-refractivity contribution in [1.29, 1.82) is 0 Å². The van der Waals surface area contributed by atoms with Gasteiger partial charge in [0, 0.05) is 11.4 Å². The summed E-state index contributed by atoms with van der Waals surface area (Å²) in [6, 6.07) is 8.56. The minimum Gasteiger partial charge on any atom is -0.303 e. The van der Waals surface area contributed by atoms with E-state index in [1.54, 1.807) is 0 Å². The fourth-order valence-electron chi connectivity index (χ4n) is 2.18. The van der Waals surface area contributed by atoms with E-state index < -0.39 is 0 Å². The van der Waals surface area contributed by atoms with E-state index in [0.717, 1.165) is 12.8 Å². The second-order valence-corrected chi connectivity index (χ2v) is 3.78. The summed E-state index contributed by atoms with van der Waals surface area (Å²) < 4.78 is 2.22. The molecule has 0 radical (unpaired) electrons. The molecule has 0 spiro atoms. The number of nitrogens with zero attached hydrogens (tertiary/aromatic N) is 2. The molecule has 14 heavy (non-hydrogen) atoms. The molecule has 0 saturated heterocycles. The van der Waals surface area contributed by atoms with Gasteiger partial charge < -0.3 is 4.57 Å². The first-order valence-electron chi connectivity index (χ1n) is 4.97. The average Bonchev–Trinajstić information content (AvgIpc) is 2.61. The Morgan fingerprint density at radius 1 is 1.21 bits per heavy atom. The Morgan fingerprint density at radius 2 is 2.07 bits per heavy atom. The third-order valence-corrected chi connectivity index (χ3v) is 2.96. The van der Waals surface area contributed by atoms with Gasteiger partial charge >= 0.3 is 0 Å². The number of aryl methyl sites for hydroxylation is 2. The van der Waals surface area contributed by atoms with Crippen LogP contribution in [0.5, 0.6) is 0 Å². The molecule has 0 bridgehead atoms. The van der Waals surface area contributed by atoms with Gasteiger partial charge in [-0.05, 0) is 31.4 Å². The van der Waals surface area contributed by atoms with E-state index in [4.69, 9.17) is 0 Å².